The predicted octanol–water partition coefficient (Wildman–Crippen LogP) is 3.95. The highest BCUT2D eigenvalue weighted by molar-refractivity contribution is 7.53. The van der Waals surface area contributed by atoms with E-state index in [1.807, 2.05) is 0 Å². The van der Waals surface area contributed by atoms with E-state index < -0.39 is 19.5 Å². The van der Waals surface area contributed by atoms with Crippen LogP contribution in [0.3, 0.4) is 0 Å². The first-order chi connectivity index (χ1) is 13.5. The van der Waals surface area contributed by atoms with E-state index in [4.69, 9.17) is 18.5 Å². The topological polar surface area (TPSA) is 88.1 Å². The lowest BCUT2D eigenvalue weighted by Crippen LogP contribution is -2.13. The molecule has 0 atom stereocenters. The van der Waals surface area contributed by atoms with Gasteiger partial charge in [0.2, 0.25) is 0 Å². The minimum atomic E-state index is -3.35. The third kappa shape index (κ3) is 7.27. The molecule has 0 saturated carbocycles. The average molecular weight is 406 g/mol. The minimum Gasteiger partial charge on any atom is -0.460 e. The van der Waals surface area contributed by atoms with Gasteiger partial charge in [-0.2, -0.15) is 0 Å². The molecule has 0 aliphatic carbocycles. The first-order valence-electron chi connectivity index (χ1n) is 8.86. The zero-order valence-corrected chi connectivity index (χ0v) is 16.5. The first-order valence-corrected chi connectivity index (χ1v) is 10.6. The van der Waals surface area contributed by atoms with E-state index in [0.717, 1.165) is 0 Å². The van der Waals surface area contributed by atoms with Crippen LogP contribution in [0, 0.1) is 0 Å². The van der Waals surface area contributed by atoms with E-state index in [-0.39, 0.29) is 32.6 Å². The van der Waals surface area contributed by atoms with Gasteiger partial charge in [0.25, 0.3) is 0 Å². The Bertz CT molecular complexity index is 729. The summed E-state index contributed by atoms with van der Waals surface area (Å²) in [6, 6.07) is 17.1. The number of rotatable bonds is 11. The van der Waals surface area contributed by atoms with Crippen molar-refractivity contribution in [2.45, 2.75) is 6.92 Å². The third-order valence-electron chi connectivity index (χ3n) is 3.62. The van der Waals surface area contributed by atoms with Gasteiger partial charge in [0.15, 0.2) is 0 Å². The van der Waals surface area contributed by atoms with Crippen molar-refractivity contribution < 1.29 is 32.7 Å². The van der Waals surface area contributed by atoms with Gasteiger partial charge >= 0.3 is 19.5 Å². The lowest BCUT2D eigenvalue weighted by molar-refractivity contribution is 0.0401. The van der Waals surface area contributed by atoms with Crippen LogP contribution in [0.4, 0.5) is 0 Å². The van der Waals surface area contributed by atoms with Crippen molar-refractivity contribution in [1.29, 1.82) is 0 Å². The van der Waals surface area contributed by atoms with Crippen LogP contribution in [0.15, 0.2) is 60.7 Å². The molecule has 0 radical (unpaired) electrons. The number of carbonyl (C=O) groups is 2. The van der Waals surface area contributed by atoms with Crippen LogP contribution in [-0.4, -0.2) is 44.5 Å². The van der Waals surface area contributed by atoms with Crippen LogP contribution in [-0.2, 0) is 23.1 Å². The van der Waals surface area contributed by atoms with Crippen molar-refractivity contribution in [3.05, 3.63) is 71.8 Å². The summed E-state index contributed by atoms with van der Waals surface area (Å²) in [4.78, 5) is 23.6. The fraction of sp³-hybridized carbons (Fsp3) is 0.300. The molecule has 0 saturated heterocycles. The highest BCUT2D eigenvalue weighted by Crippen LogP contribution is 2.47. The average Bonchev–Trinajstić information content (AvgIpc) is 2.75. The quantitative estimate of drug-likeness (QED) is 0.317. The third-order valence-corrected chi connectivity index (χ3v) is 5.54. The van der Waals surface area contributed by atoms with Crippen LogP contribution in [0.5, 0.6) is 0 Å². The molecule has 28 heavy (non-hydrogen) atoms. The van der Waals surface area contributed by atoms with Gasteiger partial charge in [-0.1, -0.05) is 43.3 Å². The second kappa shape index (κ2) is 11.4. The summed E-state index contributed by atoms with van der Waals surface area (Å²) >= 11 is 0. The maximum absolute atomic E-state index is 12.5. The largest absolute Gasteiger partial charge is 0.460 e. The van der Waals surface area contributed by atoms with Crippen molar-refractivity contribution in [3.63, 3.8) is 0 Å². The highest BCUT2D eigenvalue weighted by Gasteiger charge is 2.22. The summed E-state index contributed by atoms with van der Waals surface area (Å²) in [5.74, 6) is -0.964. The maximum Gasteiger partial charge on any atom is 0.338 e. The number of hydrogen-bond acceptors (Lipinski definition) is 7. The van der Waals surface area contributed by atoms with E-state index in [0.29, 0.717) is 11.1 Å². The summed E-state index contributed by atoms with van der Waals surface area (Å²) in [6.07, 6.45) is 0.145. The molecule has 8 heteroatoms. The summed E-state index contributed by atoms with van der Waals surface area (Å²) in [5.41, 5.74) is 0.857. The Kier molecular flexibility index (Phi) is 8.88. The number of ether oxygens (including phenoxy) is 2. The molecule has 150 valence electrons. The predicted molar refractivity (Wildman–Crippen MR) is 104 cm³/mol. The van der Waals surface area contributed by atoms with Gasteiger partial charge < -0.3 is 18.5 Å². The van der Waals surface area contributed by atoms with Gasteiger partial charge in [0.05, 0.1) is 24.3 Å². The van der Waals surface area contributed by atoms with Crippen LogP contribution < -0.4 is 0 Å². The van der Waals surface area contributed by atoms with E-state index in [1.165, 1.54) is 0 Å². The van der Waals surface area contributed by atoms with E-state index in [9.17, 15) is 14.2 Å². The van der Waals surface area contributed by atoms with Crippen molar-refractivity contribution in [2.75, 3.05) is 32.6 Å². The van der Waals surface area contributed by atoms with Crippen LogP contribution in [0.2, 0.25) is 0 Å². The monoisotopic (exact) mass is 406 g/mol. The number of carbonyl (C=O) groups excluding carboxylic acids is 2. The molecular formula is C20H23O7P. The molecule has 2 aromatic rings. The second-order valence-electron chi connectivity index (χ2n) is 5.60. The number of esters is 2. The van der Waals surface area contributed by atoms with Gasteiger partial charge in [0, 0.05) is 6.16 Å². The molecule has 0 aliphatic heterocycles. The Hall–Kier alpha value is -2.47. The summed E-state index contributed by atoms with van der Waals surface area (Å²) in [7, 11) is -3.35. The van der Waals surface area contributed by atoms with E-state index in [1.54, 1.807) is 67.6 Å². The zero-order chi connectivity index (χ0) is 20.2. The van der Waals surface area contributed by atoms with Crippen molar-refractivity contribution in [3.8, 4) is 0 Å². The summed E-state index contributed by atoms with van der Waals surface area (Å²) in [5, 5.41) is 0. The summed E-state index contributed by atoms with van der Waals surface area (Å²) in [6.45, 7) is 1.43. The Morgan fingerprint density at radius 2 is 1.11 bits per heavy atom. The SMILES string of the molecule is CCP(=O)(OCCOC(=O)c1ccccc1)OCCOC(=O)c1ccccc1. The molecule has 0 bridgehead atoms. The van der Waals surface area contributed by atoms with E-state index in [2.05, 4.69) is 0 Å². The molecule has 0 amide bonds. The Labute approximate surface area is 164 Å². The van der Waals surface area contributed by atoms with Gasteiger partial charge in [0.1, 0.15) is 13.2 Å². The van der Waals surface area contributed by atoms with Gasteiger partial charge in [-0.15, -0.1) is 0 Å². The van der Waals surface area contributed by atoms with Crippen LogP contribution >= 0.6 is 7.60 Å². The fourth-order valence-electron chi connectivity index (χ4n) is 2.16. The highest BCUT2D eigenvalue weighted by atomic mass is 31.2. The van der Waals surface area contributed by atoms with Gasteiger partial charge in [-0.3, -0.25) is 4.57 Å². The minimum absolute atomic E-state index is 0.0515. The maximum atomic E-state index is 12.5. The van der Waals surface area contributed by atoms with Gasteiger partial charge in [-0.05, 0) is 24.3 Å². The van der Waals surface area contributed by atoms with Crippen LogP contribution in [0.1, 0.15) is 27.6 Å². The molecule has 2 aromatic carbocycles. The molecular weight excluding hydrogens is 383 g/mol. The molecule has 7 nitrogen and oxygen atoms in total. The fourth-order valence-corrected chi connectivity index (χ4v) is 3.30. The Balaban J connectivity index is 1.66. The second-order valence-corrected chi connectivity index (χ2v) is 7.97. The Morgan fingerprint density at radius 3 is 1.46 bits per heavy atom. The van der Waals surface area contributed by atoms with Crippen molar-refractivity contribution >= 4 is 19.5 Å². The first kappa shape index (κ1) is 21.8. The normalized spacial score (nSPS) is 11.0. The smallest absolute Gasteiger partial charge is 0.338 e. The number of benzene rings is 2. The van der Waals surface area contributed by atoms with E-state index >= 15 is 0 Å². The van der Waals surface area contributed by atoms with Gasteiger partial charge in [-0.25, -0.2) is 9.59 Å². The zero-order valence-electron chi connectivity index (χ0n) is 15.6. The summed E-state index contributed by atoms with van der Waals surface area (Å²) < 4.78 is 33.2. The molecule has 0 aromatic heterocycles. The molecule has 0 spiro atoms. The van der Waals surface area contributed by atoms with Crippen LogP contribution in [0.25, 0.3) is 0 Å². The molecule has 0 aliphatic rings. The molecule has 0 N–H and O–H groups in total. The molecule has 0 fully saturated rings. The molecule has 0 heterocycles. The lowest BCUT2D eigenvalue weighted by Gasteiger charge is -2.17. The molecule has 2 rings (SSSR count). The van der Waals surface area contributed by atoms with Crippen molar-refractivity contribution in [1.82, 2.24) is 0 Å². The standard InChI is InChI=1S/C20H23O7P/c1-2-28(23,26-15-13-24-19(21)17-9-5-3-6-10-17)27-16-14-25-20(22)18-11-7-4-8-12-18/h3-12H,2,13-16H2,1H3. The van der Waals surface area contributed by atoms with Crippen molar-refractivity contribution in [2.24, 2.45) is 0 Å². The number of hydrogen-bond donors (Lipinski definition) is 0. The lowest BCUT2D eigenvalue weighted by atomic mass is 10.2. The molecule has 0 unspecified atom stereocenters. The Morgan fingerprint density at radius 1 is 0.714 bits per heavy atom.